The lowest BCUT2D eigenvalue weighted by Gasteiger charge is -2.29. The molecule has 1 heterocycles. The number of nitrogens with zero attached hydrogens (tertiary/aromatic N) is 2. The number of halogens is 1. The maximum atomic E-state index is 5.70. The summed E-state index contributed by atoms with van der Waals surface area (Å²) in [7, 11) is 0. The van der Waals surface area contributed by atoms with E-state index in [0.717, 1.165) is 10.5 Å². The molecule has 1 aromatic rings. The van der Waals surface area contributed by atoms with Gasteiger partial charge >= 0.3 is 0 Å². The molecule has 0 radical (unpaired) electrons. The molecule has 94 valence electrons. The fraction of sp³-hybridized carbons (Fsp3) is 0.667. The van der Waals surface area contributed by atoms with E-state index >= 15 is 0 Å². The zero-order chi connectivity index (χ0) is 12.3. The summed E-state index contributed by atoms with van der Waals surface area (Å²) < 4.78 is 0.732. The molecule has 1 fully saturated rings. The molecule has 0 aliphatic heterocycles. The molecular weight excluding hydrogens is 280 g/mol. The fourth-order valence-electron chi connectivity index (χ4n) is 2.48. The van der Waals surface area contributed by atoms with Crippen molar-refractivity contribution in [3.05, 3.63) is 10.7 Å². The van der Waals surface area contributed by atoms with Gasteiger partial charge < -0.3 is 11.1 Å². The van der Waals surface area contributed by atoms with Crippen molar-refractivity contribution in [1.82, 2.24) is 9.97 Å². The minimum absolute atomic E-state index is 0.488. The van der Waals surface area contributed by atoms with Gasteiger partial charge in [-0.1, -0.05) is 26.2 Å². The molecule has 0 spiro atoms. The Morgan fingerprint density at radius 3 is 3.00 bits per heavy atom. The SMILES string of the molecule is CCC1CCCC(Nc2nc(N)cc(Br)n2)C1. The number of anilines is 2. The molecule has 2 rings (SSSR count). The second-order valence-electron chi connectivity index (χ2n) is 4.72. The first-order valence-electron chi connectivity index (χ1n) is 6.24. The Bertz CT molecular complexity index is 363. The number of nitrogen functional groups attached to an aromatic ring is 1. The van der Waals surface area contributed by atoms with Crippen LogP contribution >= 0.6 is 15.9 Å². The van der Waals surface area contributed by atoms with Crippen LogP contribution in [-0.4, -0.2) is 16.0 Å². The second kappa shape index (κ2) is 5.67. The molecule has 2 atom stereocenters. The van der Waals surface area contributed by atoms with Gasteiger partial charge in [-0.15, -0.1) is 0 Å². The fourth-order valence-corrected chi connectivity index (χ4v) is 2.88. The van der Waals surface area contributed by atoms with Crippen LogP contribution in [0.25, 0.3) is 0 Å². The van der Waals surface area contributed by atoms with E-state index < -0.39 is 0 Å². The summed E-state index contributed by atoms with van der Waals surface area (Å²) in [6, 6.07) is 2.20. The first-order valence-corrected chi connectivity index (χ1v) is 7.03. The molecule has 0 amide bonds. The van der Waals surface area contributed by atoms with Gasteiger partial charge in [-0.2, -0.15) is 4.98 Å². The summed E-state index contributed by atoms with van der Waals surface area (Å²) in [5.74, 6) is 1.97. The molecule has 17 heavy (non-hydrogen) atoms. The molecule has 2 unspecified atom stereocenters. The third kappa shape index (κ3) is 3.56. The van der Waals surface area contributed by atoms with Crippen molar-refractivity contribution in [1.29, 1.82) is 0 Å². The van der Waals surface area contributed by atoms with E-state index in [1.165, 1.54) is 32.1 Å². The maximum Gasteiger partial charge on any atom is 0.225 e. The number of nitrogens with two attached hydrogens (primary N) is 1. The zero-order valence-electron chi connectivity index (χ0n) is 10.1. The average molecular weight is 299 g/mol. The van der Waals surface area contributed by atoms with Crippen LogP contribution in [0.15, 0.2) is 10.7 Å². The average Bonchev–Trinajstić information content (AvgIpc) is 2.28. The van der Waals surface area contributed by atoms with Crippen LogP contribution in [0.3, 0.4) is 0 Å². The highest BCUT2D eigenvalue weighted by Crippen LogP contribution is 2.28. The topological polar surface area (TPSA) is 63.8 Å². The summed E-state index contributed by atoms with van der Waals surface area (Å²) in [6.45, 7) is 2.26. The van der Waals surface area contributed by atoms with Gasteiger partial charge in [0.15, 0.2) is 0 Å². The smallest absolute Gasteiger partial charge is 0.225 e. The molecule has 4 nitrogen and oxygen atoms in total. The van der Waals surface area contributed by atoms with Crippen LogP contribution in [0.4, 0.5) is 11.8 Å². The summed E-state index contributed by atoms with van der Waals surface area (Å²) in [4.78, 5) is 8.50. The number of rotatable bonds is 3. The number of nitrogens with one attached hydrogen (secondary N) is 1. The van der Waals surface area contributed by atoms with E-state index in [1.54, 1.807) is 6.07 Å². The quantitative estimate of drug-likeness (QED) is 0.841. The van der Waals surface area contributed by atoms with E-state index in [1.807, 2.05) is 0 Å². The lowest BCUT2D eigenvalue weighted by atomic mass is 9.84. The Labute approximate surface area is 111 Å². The van der Waals surface area contributed by atoms with Crippen LogP contribution in [0, 0.1) is 5.92 Å². The van der Waals surface area contributed by atoms with Gasteiger partial charge in [0, 0.05) is 12.1 Å². The molecule has 1 aliphatic carbocycles. The van der Waals surface area contributed by atoms with E-state index in [-0.39, 0.29) is 0 Å². The van der Waals surface area contributed by atoms with Crippen molar-refractivity contribution in [2.24, 2.45) is 5.92 Å². The van der Waals surface area contributed by atoms with Crippen LogP contribution < -0.4 is 11.1 Å². The van der Waals surface area contributed by atoms with E-state index in [2.05, 4.69) is 38.1 Å². The predicted molar refractivity (Wildman–Crippen MR) is 73.8 cm³/mol. The Morgan fingerprint density at radius 1 is 1.47 bits per heavy atom. The summed E-state index contributed by atoms with van der Waals surface area (Å²) in [5.41, 5.74) is 5.70. The van der Waals surface area contributed by atoms with Crippen molar-refractivity contribution < 1.29 is 0 Å². The zero-order valence-corrected chi connectivity index (χ0v) is 11.7. The van der Waals surface area contributed by atoms with Crippen molar-refractivity contribution in [3.8, 4) is 0 Å². The lowest BCUT2D eigenvalue weighted by Crippen LogP contribution is -2.28. The van der Waals surface area contributed by atoms with Gasteiger partial charge in [-0.05, 0) is 34.7 Å². The van der Waals surface area contributed by atoms with E-state index in [4.69, 9.17) is 5.73 Å². The van der Waals surface area contributed by atoms with Crippen molar-refractivity contribution in [2.45, 2.75) is 45.1 Å². The highest BCUT2D eigenvalue weighted by atomic mass is 79.9. The van der Waals surface area contributed by atoms with Gasteiger partial charge in [-0.25, -0.2) is 4.98 Å². The minimum Gasteiger partial charge on any atom is -0.383 e. The van der Waals surface area contributed by atoms with Gasteiger partial charge in [0.25, 0.3) is 0 Å². The molecule has 5 heteroatoms. The molecule has 0 saturated heterocycles. The van der Waals surface area contributed by atoms with Crippen LogP contribution in [0.2, 0.25) is 0 Å². The molecule has 1 aromatic heterocycles. The Kier molecular flexibility index (Phi) is 4.20. The summed E-state index contributed by atoms with van der Waals surface area (Å²) in [6.07, 6.45) is 6.33. The summed E-state index contributed by atoms with van der Waals surface area (Å²) in [5, 5.41) is 3.39. The molecule has 1 saturated carbocycles. The van der Waals surface area contributed by atoms with Crippen molar-refractivity contribution in [3.63, 3.8) is 0 Å². The van der Waals surface area contributed by atoms with E-state index in [0.29, 0.717) is 17.8 Å². The second-order valence-corrected chi connectivity index (χ2v) is 5.53. The minimum atomic E-state index is 0.488. The Morgan fingerprint density at radius 2 is 2.29 bits per heavy atom. The van der Waals surface area contributed by atoms with E-state index in [9.17, 15) is 0 Å². The molecule has 0 bridgehead atoms. The van der Waals surface area contributed by atoms with Crippen LogP contribution in [-0.2, 0) is 0 Å². The Hall–Kier alpha value is -0.840. The van der Waals surface area contributed by atoms with Crippen molar-refractivity contribution >= 4 is 27.7 Å². The molecular formula is C12H19BrN4. The standard InChI is InChI=1S/C12H19BrN4/c1-2-8-4-3-5-9(6-8)15-12-16-10(13)7-11(14)17-12/h7-9H,2-6H2,1H3,(H3,14,15,16,17). The van der Waals surface area contributed by atoms with Gasteiger partial charge in [-0.3, -0.25) is 0 Å². The van der Waals surface area contributed by atoms with Gasteiger partial charge in [0.1, 0.15) is 10.4 Å². The van der Waals surface area contributed by atoms with Crippen LogP contribution in [0.1, 0.15) is 39.0 Å². The lowest BCUT2D eigenvalue weighted by molar-refractivity contribution is 0.326. The highest BCUT2D eigenvalue weighted by Gasteiger charge is 2.21. The number of hydrogen-bond acceptors (Lipinski definition) is 4. The van der Waals surface area contributed by atoms with Gasteiger partial charge in [0.05, 0.1) is 0 Å². The number of aromatic nitrogens is 2. The monoisotopic (exact) mass is 298 g/mol. The Balaban J connectivity index is 2.00. The third-order valence-corrected chi connectivity index (χ3v) is 3.81. The first kappa shape index (κ1) is 12.6. The summed E-state index contributed by atoms with van der Waals surface area (Å²) >= 11 is 3.33. The van der Waals surface area contributed by atoms with Crippen LogP contribution in [0.5, 0.6) is 0 Å². The normalized spacial score (nSPS) is 24.6. The highest BCUT2D eigenvalue weighted by molar-refractivity contribution is 9.10. The first-order chi connectivity index (χ1) is 8.17. The molecule has 1 aliphatic rings. The maximum absolute atomic E-state index is 5.70. The molecule has 0 aromatic carbocycles. The predicted octanol–water partition coefficient (Wildman–Crippen LogP) is 3.20. The van der Waals surface area contributed by atoms with Crippen molar-refractivity contribution in [2.75, 3.05) is 11.1 Å². The third-order valence-electron chi connectivity index (χ3n) is 3.41. The van der Waals surface area contributed by atoms with Gasteiger partial charge in [0.2, 0.25) is 5.95 Å². The largest absolute Gasteiger partial charge is 0.383 e. The molecule has 3 N–H and O–H groups in total. The number of hydrogen-bond donors (Lipinski definition) is 2.